The van der Waals surface area contributed by atoms with Crippen LogP contribution in [0.3, 0.4) is 0 Å². The first-order valence-electron chi connectivity index (χ1n) is 5.60. The first kappa shape index (κ1) is 7.37. The summed E-state index contributed by atoms with van der Waals surface area (Å²) in [5.41, 5.74) is 0.779. The molecule has 1 nitrogen and oxygen atoms in total. The molecule has 1 heterocycles. The zero-order valence-electron chi connectivity index (χ0n) is 7.81. The zero-order valence-corrected chi connectivity index (χ0v) is 7.81. The molecule has 0 spiro atoms. The molecule has 12 heavy (non-hydrogen) atoms. The highest BCUT2D eigenvalue weighted by molar-refractivity contribution is 5.01. The normalized spacial score (nSPS) is 47.5. The summed E-state index contributed by atoms with van der Waals surface area (Å²) in [6.45, 7) is 2.66. The van der Waals surface area contributed by atoms with E-state index in [0.29, 0.717) is 0 Å². The van der Waals surface area contributed by atoms with Gasteiger partial charge in [-0.05, 0) is 55.9 Å². The fourth-order valence-corrected chi connectivity index (χ4v) is 3.67. The van der Waals surface area contributed by atoms with Crippen molar-refractivity contribution in [2.24, 2.45) is 17.3 Å². The molecule has 3 aliphatic rings. The van der Waals surface area contributed by atoms with Crippen LogP contribution in [-0.4, -0.2) is 13.1 Å². The molecule has 2 aliphatic carbocycles. The Morgan fingerprint density at radius 2 is 2.08 bits per heavy atom. The molecule has 2 unspecified atom stereocenters. The van der Waals surface area contributed by atoms with Gasteiger partial charge in [-0.2, -0.15) is 0 Å². The predicted molar refractivity (Wildman–Crippen MR) is 50.0 cm³/mol. The van der Waals surface area contributed by atoms with E-state index in [9.17, 15) is 0 Å². The van der Waals surface area contributed by atoms with Crippen molar-refractivity contribution in [2.75, 3.05) is 13.1 Å². The van der Waals surface area contributed by atoms with Gasteiger partial charge in [-0.15, -0.1) is 0 Å². The number of hydrogen-bond acceptors (Lipinski definition) is 1. The molecule has 3 rings (SSSR count). The Kier molecular flexibility index (Phi) is 1.52. The van der Waals surface area contributed by atoms with Gasteiger partial charge in [0.2, 0.25) is 0 Å². The summed E-state index contributed by atoms with van der Waals surface area (Å²) in [5.74, 6) is 2.15. The number of piperidine rings is 1. The monoisotopic (exact) mass is 165 g/mol. The highest BCUT2D eigenvalue weighted by Gasteiger charge is 2.48. The van der Waals surface area contributed by atoms with Gasteiger partial charge in [0.1, 0.15) is 0 Å². The molecule has 0 aromatic heterocycles. The summed E-state index contributed by atoms with van der Waals surface area (Å²) in [4.78, 5) is 0. The van der Waals surface area contributed by atoms with E-state index in [2.05, 4.69) is 5.32 Å². The van der Waals surface area contributed by atoms with E-state index in [4.69, 9.17) is 0 Å². The highest BCUT2D eigenvalue weighted by atomic mass is 14.9. The van der Waals surface area contributed by atoms with Gasteiger partial charge >= 0.3 is 0 Å². The third-order valence-corrected chi connectivity index (χ3v) is 4.63. The lowest BCUT2D eigenvalue weighted by Gasteiger charge is -2.45. The fourth-order valence-electron chi connectivity index (χ4n) is 3.67. The zero-order chi connectivity index (χ0) is 8.02. The van der Waals surface area contributed by atoms with E-state index in [1.807, 2.05) is 0 Å². The SMILES string of the molecule is C1CC(C23CCC(CNC2)C3)C1. The quantitative estimate of drug-likeness (QED) is 0.628. The van der Waals surface area contributed by atoms with Gasteiger partial charge in [-0.1, -0.05) is 6.42 Å². The molecule has 0 radical (unpaired) electrons. The van der Waals surface area contributed by atoms with Crippen LogP contribution < -0.4 is 5.32 Å². The minimum atomic E-state index is 0.779. The Morgan fingerprint density at radius 3 is 2.83 bits per heavy atom. The van der Waals surface area contributed by atoms with E-state index < -0.39 is 0 Å². The molecule has 2 atom stereocenters. The van der Waals surface area contributed by atoms with Crippen LogP contribution in [0, 0.1) is 17.3 Å². The van der Waals surface area contributed by atoms with Crippen LogP contribution in [0.25, 0.3) is 0 Å². The van der Waals surface area contributed by atoms with Crippen molar-refractivity contribution in [1.82, 2.24) is 5.32 Å². The van der Waals surface area contributed by atoms with Crippen molar-refractivity contribution in [1.29, 1.82) is 0 Å². The van der Waals surface area contributed by atoms with E-state index in [1.165, 1.54) is 45.2 Å². The Bertz CT molecular complexity index is 181. The van der Waals surface area contributed by atoms with Crippen LogP contribution in [0.4, 0.5) is 0 Å². The van der Waals surface area contributed by atoms with E-state index in [-0.39, 0.29) is 0 Å². The van der Waals surface area contributed by atoms with Gasteiger partial charge in [0.05, 0.1) is 0 Å². The average molecular weight is 165 g/mol. The Hall–Kier alpha value is -0.0400. The van der Waals surface area contributed by atoms with Gasteiger partial charge in [0, 0.05) is 6.54 Å². The van der Waals surface area contributed by atoms with Gasteiger partial charge < -0.3 is 5.32 Å². The van der Waals surface area contributed by atoms with Crippen molar-refractivity contribution in [3.05, 3.63) is 0 Å². The van der Waals surface area contributed by atoms with Crippen LogP contribution in [0.2, 0.25) is 0 Å². The molecule has 1 heteroatoms. The van der Waals surface area contributed by atoms with Crippen molar-refractivity contribution in [2.45, 2.75) is 38.5 Å². The third-order valence-electron chi connectivity index (χ3n) is 4.63. The minimum Gasteiger partial charge on any atom is -0.316 e. The maximum atomic E-state index is 3.64. The molecule has 1 N–H and O–H groups in total. The summed E-state index contributed by atoms with van der Waals surface area (Å²) < 4.78 is 0. The standard InChI is InChI=1S/C11H19N/c1-2-10(3-1)11-5-4-9(6-11)7-12-8-11/h9-10,12H,1-8H2. The van der Waals surface area contributed by atoms with E-state index in [1.54, 1.807) is 6.42 Å². The van der Waals surface area contributed by atoms with E-state index >= 15 is 0 Å². The first-order chi connectivity index (χ1) is 5.89. The molecule has 68 valence electrons. The number of hydrogen-bond donors (Lipinski definition) is 1. The molecule has 2 bridgehead atoms. The van der Waals surface area contributed by atoms with Gasteiger partial charge in [-0.3, -0.25) is 0 Å². The minimum absolute atomic E-state index is 0.779. The van der Waals surface area contributed by atoms with Crippen LogP contribution in [-0.2, 0) is 0 Å². The van der Waals surface area contributed by atoms with E-state index in [0.717, 1.165) is 17.3 Å². The topological polar surface area (TPSA) is 12.0 Å². The smallest absolute Gasteiger partial charge is 0.00107 e. The molecular weight excluding hydrogens is 146 g/mol. The van der Waals surface area contributed by atoms with Crippen LogP contribution in [0.1, 0.15) is 38.5 Å². The summed E-state index contributed by atoms with van der Waals surface area (Å²) >= 11 is 0. The van der Waals surface area contributed by atoms with Crippen molar-refractivity contribution < 1.29 is 0 Å². The molecule has 0 aromatic carbocycles. The molecule has 0 aromatic rings. The second-order valence-electron chi connectivity index (χ2n) is 5.23. The van der Waals surface area contributed by atoms with Gasteiger partial charge in [0.25, 0.3) is 0 Å². The summed E-state index contributed by atoms with van der Waals surface area (Å²) in [6.07, 6.45) is 9.20. The lowest BCUT2D eigenvalue weighted by Crippen LogP contribution is -2.45. The van der Waals surface area contributed by atoms with Gasteiger partial charge in [0.15, 0.2) is 0 Å². The molecule has 1 aliphatic heterocycles. The summed E-state index contributed by atoms with van der Waals surface area (Å²) in [7, 11) is 0. The highest BCUT2D eigenvalue weighted by Crippen LogP contribution is 2.54. The molecule has 2 saturated carbocycles. The van der Waals surface area contributed by atoms with Crippen LogP contribution in [0.15, 0.2) is 0 Å². The second-order valence-corrected chi connectivity index (χ2v) is 5.23. The number of nitrogens with one attached hydrogen (secondary N) is 1. The van der Waals surface area contributed by atoms with Crippen LogP contribution >= 0.6 is 0 Å². The number of fused-ring (bicyclic) bond motifs is 2. The predicted octanol–water partition coefficient (Wildman–Crippen LogP) is 2.18. The van der Waals surface area contributed by atoms with Crippen molar-refractivity contribution in [3.8, 4) is 0 Å². The summed E-state index contributed by atoms with van der Waals surface area (Å²) in [6, 6.07) is 0. The van der Waals surface area contributed by atoms with Crippen LogP contribution in [0.5, 0.6) is 0 Å². The van der Waals surface area contributed by atoms with Crippen molar-refractivity contribution in [3.63, 3.8) is 0 Å². The lowest BCUT2D eigenvalue weighted by atomic mass is 9.63. The van der Waals surface area contributed by atoms with Crippen molar-refractivity contribution >= 4 is 0 Å². The Morgan fingerprint density at radius 1 is 1.17 bits per heavy atom. The third kappa shape index (κ3) is 0.891. The first-order valence-corrected chi connectivity index (χ1v) is 5.60. The Labute approximate surface area is 74.9 Å². The maximum Gasteiger partial charge on any atom is 0.00107 e. The number of rotatable bonds is 1. The Balaban J connectivity index is 1.79. The maximum absolute atomic E-state index is 3.64. The molecule has 0 amide bonds. The van der Waals surface area contributed by atoms with Gasteiger partial charge in [-0.25, -0.2) is 0 Å². The largest absolute Gasteiger partial charge is 0.316 e. The lowest BCUT2D eigenvalue weighted by molar-refractivity contribution is 0.0695. The second kappa shape index (κ2) is 2.47. The molecule has 3 fully saturated rings. The molecule has 1 saturated heterocycles. The summed E-state index contributed by atoms with van der Waals surface area (Å²) in [5, 5.41) is 3.64. The average Bonchev–Trinajstić information content (AvgIpc) is 2.24. The fraction of sp³-hybridized carbons (Fsp3) is 1.00. The molecular formula is C11H19N.